The number of hydrogen-bond acceptors (Lipinski definition) is 6. The Kier molecular flexibility index (Phi) is 53.9. The molecule has 0 aliphatic carbocycles. The fourth-order valence-corrected chi connectivity index (χ4v) is 7.66. The lowest BCUT2D eigenvalue weighted by Gasteiger charge is -2.18. The molecule has 0 unspecified atom stereocenters. The average molecular weight is 960 g/mol. The number of esters is 3. The van der Waals surface area contributed by atoms with Crippen molar-refractivity contribution in [2.45, 2.75) is 271 Å². The third-order valence-corrected chi connectivity index (χ3v) is 12.0. The van der Waals surface area contributed by atoms with Crippen molar-refractivity contribution in [3.8, 4) is 0 Å². The first-order valence-corrected chi connectivity index (χ1v) is 28.7. The van der Waals surface area contributed by atoms with Gasteiger partial charge in [0, 0.05) is 19.3 Å². The van der Waals surface area contributed by atoms with Crippen LogP contribution in [0.15, 0.2) is 97.2 Å². The van der Waals surface area contributed by atoms with Crippen LogP contribution in [0.4, 0.5) is 0 Å². The van der Waals surface area contributed by atoms with Crippen molar-refractivity contribution in [3.63, 3.8) is 0 Å². The highest BCUT2D eigenvalue weighted by molar-refractivity contribution is 5.71. The highest BCUT2D eigenvalue weighted by atomic mass is 16.6. The van der Waals surface area contributed by atoms with Crippen LogP contribution in [0.25, 0.3) is 0 Å². The number of carbonyl (C=O) groups is 3. The molecule has 0 saturated heterocycles. The Hall–Kier alpha value is -3.67. The van der Waals surface area contributed by atoms with E-state index in [4.69, 9.17) is 14.2 Å². The van der Waals surface area contributed by atoms with Crippen LogP contribution in [0.1, 0.15) is 265 Å². The summed E-state index contributed by atoms with van der Waals surface area (Å²) in [6.07, 6.45) is 75.4. The molecule has 0 radical (unpaired) electrons. The number of ether oxygens (including phenoxy) is 3. The maximum absolute atomic E-state index is 12.9. The Morgan fingerprint density at radius 2 is 0.522 bits per heavy atom. The molecule has 394 valence electrons. The van der Waals surface area contributed by atoms with Gasteiger partial charge in [0.1, 0.15) is 13.2 Å². The average Bonchev–Trinajstić information content (AvgIpc) is 3.35. The molecule has 0 aliphatic heterocycles. The molecule has 0 fully saturated rings. The zero-order valence-corrected chi connectivity index (χ0v) is 45.0. The van der Waals surface area contributed by atoms with E-state index in [0.29, 0.717) is 12.8 Å². The molecule has 0 N–H and O–H groups in total. The lowest BCUT2D eigenvalue weighted by atomic mass is 10.1. The first kappa shape index (κ1) is 65.3. The molecule has 0 aromatic heterocycles. The fraction of sp³-hybridized carbons (Fsp3) is 0.698. The van der Waals surface area contributed by atoms with Crippen molar-refractivity contribution in [3.05, 3.63) is 97.2 Å². The number of allylic oxidation sites excluding steroid dienone is 16. The molecular formula is C63H106O6. The van der Waals surface area contributed by atoms with Crippen molar-refractivity contribution in [2.75, 3.05) is 13.2 Å². The van der Waals surface area contributed by atoms with Crippen LogP contribution in [-0.2, 0) is 28.6 Å². The summed E-state index contributed by atoms with van der Waals surface area (Å²) in [5, 5.41) is 0. The third-order valence-electron chi connectivity index (χ3n) is 12.0. The van der Waals surface area contributed by atoms with Crippen LogP contribution in [0.2, 0.25) is 0 Å². The molecule has 0 rings (SSSR count). The van der Waals surface area contributed by atoms with E-state index in [0.717, 1.165) is 96.3 Å². The summed E-state index contributed by atoms with van der Waals surface area (Å²) in [4.78, 5) is 38.1. The van der Waals surface area contributed by atoms with Crippen LogP contribution in [0.3, 0.4) is 0 Å². The largest absolute Gasteiger partial charge is 0.462 e. The van der Waals surface area contributed by atoms with Crippen molar-refractivity contribution in [2.24, 2.45) is 0 Å². The van der Waals surface area contributed by atoms with E-state index in [1.165, 1.54) is 128 Å². The summed E-state index contributed by atoms with van der Waals surface area (Å²) in [6.45, 7) is 6.52. The van der Waals surface area contributed by atoms with E-state index in [1.807, 2.05) is 0 Å². The number of rotatable bonds is 51. The van der Waals surface area contributed by atoms with Crippen molar-refractivity contribution < 1.29 is 28.6 Å². The summed E-state index contributed by atoms with van der Waals surface area (Å²) in [5.41, 5.74) is 0. The van der Waals surface area contributed by atoms with Crippen molar-refractivity contribution in [1.29, 1.82) is 0 Å². The van der Waals surface area contributed by atoms with Gasteiger partial charge in [-0.2, -0.15) is 0 Å². The second-order valence-corrected chi connectivity index (χ2v) is 18.8. The van der Waals surface area contributed by atoms with E-state index in [9.17, 15) is 14.4 Å². The Labute approximate surface area is 426 Å². The normalized spacial score (nSPS) is 12.8. The van der Waals surface area contributed by atoms with Gasteiger partial charge in [0.05, 0.1) is 0 Å². The zero-order chi connectivity index (χ0) is 50.0. The maximum Gasteiger partial charge on any atom is 0.306 e. The molecule has 0 heterocycles. The Morgan fingerprint density at radius 3 is 0.899 bits per heavy atom. The maximum atomic E-state index is 12.9. The predicted octanol–water partition coefficient (Wildman–Crippen LogP) is 19.3. The second-order valence-electron chi connectivity index (χ2n) is 18.8. The first-order chi connectivity index (χ1) is 34.0. The van der Waals surface area contributed by atoms with Crippen LogP contribution >= 0.6 is 0 Å². The molecule has 0 amide bonds. The Balaban J connectivity index is 4.51. The zero-order valence-electron chi connectivity index (χ0n) is 45.0. The van der Waals surface area contributed by atoms with Crippen LogP contribution in [-0.4, -0.2) is 37.2 Å². The molecule has 69 heavy (non-hydrogen) atoms. The lowest BCUT2D eigenvalue weighted by Crippen LogP contribution is -2.30. The summed E-state index contributed by atoms with van der Waals surface area (Å²) in [6, 6.07) is 0. The lowest BCUT2D eigenvalue weighted by molar-refractivity contribution is -0.167. The molecule has 0 aromatic carbocycles. The highest BCUT2D eigenvalue weighted by Gasteiger charge is 2.19. The molecule has 0 saturated carbocycles. The van der Waals surface area contributed by atoms with Gasteiger partial charge in [-0.25, -0.2) is 0 Å². The summed E-state index contributed by atoms with van der Waals surface area (Å²) in [5.74, 6) is -0.978. The Bertz CT molecular complexity index is 1380. The van der Waals surface area contributed by atoms with Gasteiger partial charge in [0.15, 0.2) is 6.10 Å². The first-order valence-electron chi connectivity index (χ1n) is 28.7. The van der Waals surface area contributed by atoms with Gasteiger partial charge in [-0.15, -0.1) is 0 Å². The minimum Gasteiger partial charge on any atom is -0.462 e. The van der Waals surface area contributed by atoms with Gasteiger partial charge in [0.2, 0.25) is 0 Å². The fourth-order valence-electron chi connectivity index (χ4n) is 7.66. The molecule has 0 aromatic rings. The van der Waals surface area contributed by atoms with E-state index < -0.39 is 6.10 Å². The summed E-state index contributed by atoms with van der Waals surface area (Å²) >= 11 is 0. The molecule has 6 nitrogen and oxygen atoms in total. The van der Waals surface area contributed by atoms with Gasteiger partial charge in [-0.3, -0.25) is 14.4 Å². The minimum absolute atomic E-state index is 0.105. The SMILES string of the molecule is CCCCC/C=C\C/C=C\C/C=C\C/C=C\CCCCCC(=O)O[C@H](COC(=O)CCCC/C=C\C/C=C\C/C=C\CCCCC)COC(=O)CCCCCCCCC/C=C\CCCCCCCC. The van der Waals surface area contributed by atoms with E-state index in [1.54, 1.807) is 0 Å². The van der Waals surface area contributed by atoms with Gasteiger partial charge in [-0.05, 0) is 128 Å². The molecule has 1 atom stereocenters. The summed E-state index contributed by atoms with van der Waals surface area (Å²) < 4.78 is 16.8. The van der Waals surface area contributed by atoms with Crippen molar-refractivity contribution >= 4 is 17.9 Å². The van der Waals surface area contributed by atoms with Gasteiger partial charge in [0.25, 0.3) is 0 Å². The smallest absolute Gasteiger partial charge is 0.306 e. The number of hydrogen-bond donors (Lipinski definition) is 0. The highest BCUT2D eigenvalue weighted by Crippen LogP contribution is 2.14. The third kappa shape index (κ3) is 55.1. The molecule has 0 aliphatic rings. The van der Waals surface area contributed by atoms with Crippen LogP contribution in [0, 0.1) is 0 Å². The van der Waals surface area contributed by atoms with Gasteiger partial charge < -0.3 is 14.2 Å². The van der Waals surface area contributed by atoms with Crippen LogP contribution in [0.5, 0.6) is 0 Å². The molecule has 0 spiro atoms. The van der Waals surface area contributed by atoms with Crippen molar-refractivity contribution in [1.82, 2.24) is 0 Å². The molecular weight excluding hydrogens is 853 g/mol. The van der Waals surface area contributed by atoms with Gasteiger partial charge in [-0.1, -0.05) is 214 Å². The van der Waals surface area contributed by atoms with Gasteiger partial charge >= 0.3 is 17.9 Å². The monoisotopic (exact) mass is 959 g/mol. The Morgan fingerprint density at radius 1 is 0.290 bits per heavy atom. The summed E-state index contributed by atoms with van der Waals surface area (Å²) in [7, 11) is 0. The second kappa shape index (κ2) is 56.9. The quantitative estimate of drug-likeness (QED) is 0.0262. The molecule has 6 heteroatoms. The standard InChI is InChI=1S/C63H106O6/c1-4-7-10-13-16-19-22-25-28-30-31-33-36-39-42-45-48-51-54-57-63(66)69-60(58-67-61(64)55-52-49-46-43-40-37-34-27-24-21-18-15-12-9-6-3)59-68-62(65)56-53-50-47-44-41-38-35-32-29-26-23-20-17-14-11-8-5-2/h16,18-19,21,25-29,31,33-34,39-40,42-43,60H,4-15,17,20,22-24,30,32,35-38,41,44-59H2,1-3H3/b19-16-,21-18-,28-25-,29-26-,33-31-,34-27-,42-39-,43-40-/t60-/m1/s1. The molecule has 0 bridgehead atoms. The minimum atomic E-state index is -0.813. The predicted molar refractivity (Wildman–Crippen MR) is 297 cm³/mol. The van der Waals surface area contributed by atoms with E-state index in [-0.39, 0.29) is 37.5 Å². The number of unbranched alkanes of at least 4 members (excludes halogenated alkanes) is 24. The number of carbonyl (C=O) groups excluding carboxylic acids is 3. The van der Waals surface area contributed by atoms with E-state index in [2.05, 4.69) is 118 Å². The topological polar surface area (TPSA) is 78.9 Å². The van der Waals surface area contributed by atoms with E-state index >= 15 is 0 Å². The van der Waals surface area contributed by atoms with Crippen LogP contribution < -0.4 is 0 Å².